The van der Waals surface area contributed by atoms with Gasteiger partial charge in [0.05, 0.1) is 0 Å². The first-order valence-electron chi connectivity index (χ1n) is 9.45. The molecular formula is C21H21N5O3. The molecule has 2 N–H and O–H groups in total. The molecule has 3 heterocycles. The van der Waals surface area contributed by atoms with Gasteiger partial charge in [-0.2, -0.15) is 0 Å². The number of nitrogens with one attached hydrogen (secondary N) is 2. The summed E-state index contributed by atoms with van der Waals surface area (Å²) in [5.41, 5.74) is 2.30. The number of pyridine rings is 1. The zero-order valence-corrected chi connectivity index (χ0v) is 16.0. The summed E-state index contributed by atoms with van der Waals surface area (Å²) in [5.74, 6) is 0.0925. The van der Waals surface area contributed by atoms with Crippen molar-refractivity contribution in [2.75, 3.05) is 28.6 Å². The van der Waals surface area contributed by atoms with Crippen LogP contribution < -0.4 is 15.5 Å². The Hall–Kier alpha value is -3.68. The normalized spacial score (nSPS) is 13.3. The van der Waals surface area contributed by atoms with Crippen molar-refractivity contribution < 1.29 is 14.1 Å². The van der Waals surface area contributed by atoms with E-state index in [9.17, 15) is 9.59 Å². The van der Waals surface area contributed by atoms with Crippen molar-refractivity contribution in [1.82, 2.24) is 10.1 Å². The number of amides is 2. The number of aromatic nitrogens is 2. The number of benzene rings is 1. The fourth-order valence-electron chi connectivity index (χ4n) is 3.24. The molecule has 8 heteroatoms. The second-order valence-corrected chi connectivity index (χ2v) is 6.90. The Balaban J connectivity index is 1.42. The van der Waals surface area contributed by atoms with Crippen LogP contribution in [-0.2, 0) is 0 Å². The summed E-state index contributed by atoms with van der Waals surface area (Å²) in [6.07, 6.45) is 3.85. The highest BCUT2D eigenvalue weighted by Crippen LogP contribution is 2.22. The van der Waals surface area contributed by atoms with Gasteiger partial charge in [0.1, 0.15) is 11.5 Å². The van der Waals surface area contributed by atoms with Crippen molar-refractivity contribution in [2.45, 2.75) is 19.8 Å². The number of hydrogen-bond donors (Lipinski definition) is 2. The molecule has 4 rings (SSSR count). The molecule has 1 aromatic carbocycles. The molecule has 148 valence electrons. The zero-order chi connectivity index (χ0) is 20.2. The third-order valence-electron chi connectivity index (χ3n) is 4.72. The molecule has 3 aromatic rings. The van der Waals surface area contributed by atoms with Crippen molar-refractivity contribution in [2.24, 2.45) is 0 Å². The Labute approximate surface area is 167 Å². The van der Waals surface area contributed by atoms with E-state index in [0.29, 0.717) is 22.8 Å². The number of anilines is 3. The Bertz CT molecular complexity index is 1020. The topological polar surface area (TPSA) is 100 Å². The first-order valence-corrected chi connectivity index (χ1v) is 9.45. The van der Waals surface area contributed by atoms with Crippen LogP contribution >= 0.6 is 0 Å². The summed E-state index contributed by atoms with van der Waals surface area (Å²) in [5, 5.41) is 9.15. The maximum atomic E-state index is 12.6. The maximum Gasteiger partial charge on any atom is 0.275 e. The molecule has 8 nitrogen and oxygen atoms in total. The van der Waals surface area contributed by atoms with Crippen LogP contribution in [0.5, 0.6) is 0 Å². The first kappa shape index (κ1) is 18.7. The summed E-state index contributed by atoms with van der Waals surface area (Å²) in [6, 6.07) is 12.4. The molecule has 0 aliphatic carbocycles. The molecule has 29 heavy (non-hydrogen) atoms. The van der Waals surface area contributed by atoms with Gasteiger partial charge in [-0.15, -0.1) is 0 Å². The van der Waals surface area contributed by atoms with Gasteiger partial charge in [-0.1, -0.05) is 5.16 Å². The summed E-state index contributed by atoms with van der Waals surface area (Å²) in [6.45, 7) is 3.87. The molecule has 1 saturated heterocycles. The SMILES string of the molecule is Cc1cc(NC(=O)c2cc(C(=O)Nc3ccc(N4CCCC4)cc3)ccn2)no1. The van der Waals surface area contributed by atoms with Crippen LogP contribution in [0.1, 0.15) is 39.4 Å². The summed E-state index contributed by atoms with van der Waals surface area (Å²) < 4.78 is 4.92. The van der Waals surface area contributed by atoms with E-state index >= 15 is 0 Å². The number of carbonyl (C=O) groups excluding carboxylic acids is 2. The van der Waals surface area contributed by atoms with Gasteiger partial charge in [0.25, 0.3) is 11.8 Å². The average molecular weight is 391 g/mol. The molecule has 1 fully saturated rings. The van der Waals surface area contributed by atoms with Gasteiger partial charge >= 0.3 is 0 Å². The monoisotopic (exact) mass is 391 g/mol. The maximum absolute atomic E-state index is 12.6. The number of nitrogens with zero attached hydrogens (tertiary/aromatic N) is 3. The van der Waals surface area contributed by atoms with Crippen molar-refractivity contribution >= 4 is 29.0 Å². The van der Waals surface area contributed by atoms with E-state index in [1.165, 1.54) is 25.1 Å². The van der Waals surface area contributed by atoms with Gasteiger partial charge in [-0.3, -0.25) is 14.6 Å². The second kappa shape index (κ2) is 8.14. The lowest BCUT2D eigenvalue weighted by Crippen LogP contribution is -2.18. The van der Waals surface area contributed by atoms with E-state index in [0.717, 1.165) is 18.8 Å². The number of rotatable bonds is 5. The highest BCUT2D eigenvalue weighted by molar-refractivity contribution is 6.07. The lowest BCUT2D eigenvalue weighted by Gasteiger charge is -2.17. The molecular weight excluding hydrogens is 370 g/mol. The molecule has 0 saturated carbocycles. The number of carbonyl (C=O) groups is 2. The molecule has 1 aliphatic heterocycles. The van der Waals surface area contributed by atoms with Gasteiger partial charge in [0, 0.05) is 42.3 Å². The zero-order valence-electron chi connectivity index (χ0n) is 16.0. The van der Waals surface area contributed by atoms with Gasteiger partial charge < -0.3 is 20.1 Å². The Morgan fingerprint density at radius 1 is 1.00 bits per heavy atom. The third kappa shape index (κ3) is 4.43. The van der Waals surface area contributed by atoms with Gasteiger partial charge in [-0.25, -0.2) is 0 Å². The van der Waals surface area contributed by atoms with Crippen molar-refractivity contribution in [3.05, 3.63) is 65.7 Å². The molecule has 0 unspecified atom stereocenters. The van der Waals surface area contributed by atoms with Crippen molar-refractivity contribution in [3.63, 3.8) is 0 Å². The molecule has 0 radical (unpaired) electrons. The van der Waals surface area contributed by atoms with Crippen LogP contribution in [0, 0.1) is 6.92 Å². The number of hydrogen-bond acceptors (Lipinski definition) is 6. The minimum atomic E-state index is -0.470. The van der Waals surface area contributed by atoms with Crippen LogP contribution in [0.15, 0.2) is 53.2 Å². The van der Waals surface area contributed by atoms with E-state index in [1.54, 1.807) is 19.1 Å². The molecule has 2 aromatic heterocycles. The van der Waals surface area contributed by atoms with Crippen molar-refractivity contribution in [1.29, 1.82) is 0 Å². The summed E-state index contributed by atoms with van der Waals surface area (Å²) in [4.78, 5) is 31.3. The van der Waals surface area contributed by atoms with Crippen LogP contribution in [0.3, 0.4) is 0 Å². The second-order valence-electron chi connectivity index (χ2n) is 6.90. The highest BCUT2D eigenvalue weighted by atomic mass is 16.5. The minimum Gasteiger partial charge on any atom is -0.372 e. The average Bonchev–Trinajstić information content (AvgIpc) is 3.41. The van der Waals surface area contributed by atoms with Crippen LogP contribution in [-0.4, -0.2) is 35.0 Å². The Morgan fingerprint density at radius 2 is 1.76 bits per heavy atom. The van der Waals surface area contributed by atoms with E-state index in [-0.39, 0.29) is 11.6 Å². The predicted molar refractivity (Wildman–Crippen MR) is 109 cm³/mol. The smallest absolute Gasteiger partial charge is 0.275 e. The van der Waals surface area contributed by atoms with Crippen LogP contribution in [0.4, 0.5) is 17.2 Å². The minimum absolute atomic E-state index is 0.114. The van der Waals surface area contributed by atoms with E-state index in [1.807, 2.05) is 24.3 Å². The quantitative estimate of drug-likeness (QED) is 0.691. The predicted octanol–water partition coefficient (Wildman–Crippen LogP) is 3.48. The van der Waals surface area contributed by atoms with E-state index < -0.39 is 5.91 Å². The lowest BCUT2D eigenvalue weighted by atomic mass is 10.2. The Morgan fingerprint density at radius 3 is 2.45 bits per heavy atom. The fraction of sp³-hybridized carbons (Fsp3) is 0.238. The Kier molecular flexibility index (Phi) is 5.24. The molecule has 0 bridgehead atoms. The summed E-state index contributed by atoms with van der Waals surface area (Å²) >= 11 is 0. The molecule has 0 spiro atoms. The molecule has 2 amide bonds. The van der Waals surface area contributed by atoms with Gasteiger partial charge in [0.2, 0.25) is 0 Å². The largest absolute Gasteiger partial charge is 0.372 e. The first-order chi connectivity index (χ1) is 14.1. The van der Waals surface area contributed by atoms with E-state index in [4.69, 9.17) is 4.52 Å². The molecule has 0 atom stereocenters. The van der Waals surface area contributed by atoms with Gasteiger partial charge in [0.15, 0.2) is 5.82 Å². The van der Waals surface area contributed by atoms with Gasteiger partial charge in [-0.05, 0) is 56.2 Å². The molecule has 1 aliphatic rings. The summed E-state index contributed by atoms with van der Waals surface area (Å²) in [7, 11) is 0. The third-order valence-corrected chi connectivity index (χ3v) is 4.72. The fourth-order valence-corrected chi connectivity index (χ4v) is 3.24. The lowest BCUT2D eigenvalue weighted by molar-refractivity contribution is 0.102. The van der Waals surface area contributed by atoms with Crippen molar-refractivity contribution in [3.8, 4) is 0 Å². The van der Waals surface area contributed by atoms with Crippen LogP contribution in [0.25, 0.3) is 0 Å². The van der Waals surface area contributed by atoms with E-state index in [2.05, 4.69) is 25.7 Å². The number of aryl methyl sites for hydroxylation is 1. The van der Waals surface area contributed by atoms with Crippen LogP contribution in [0.2, 0.25) is 0 Å². The highest BCUT2D eigenvalue weighted by Gasteiger charge is 2.15. The standard InChI is InChI=1S/C21H21N5O3/c1-14-12-19(25-29-14)24-21(28)18-13-15(8-9-22-18)20(27)23-16-4-6-17(7-5-16)26-10-2-3-11-26/h4-9,12-13H,2-3,10-11H2,1H3,(H,23,27)(H,24,25,28).